The van der Waals surface area contributed by atoms with Gasteiger partial charge < -0.3 is 10.2 Å². The average molecular weight is 272 g/mol. The van der Waals surface area contributed by atoms with Crippen LogP contribution in [0, 0.1) is 0 Å². The van der Waals surface area contributed by atoms with Crippen LogP contribution in [-0.4, -0.2) is 29.8 Å². The third-order valence-corrected chi connectivity index (χ3v) is 3.63. The fraction of sp³-hybridized carbons (Fsp3) is 0.375. The van der Waals surface area contributed by atoms with Crippen molar-refractivity contribution in [2.24, 2.45) is 0 Å². The molecule has 1 atom stereocenters. The lowest BCUT2D eigenvalue weighted by molar-refractivity contribution is -0.138. The first-order chi connectivity index (χ1) is 9.58. The average Bonchev–Trinajstić information content (AvgIpc) is 2.57. The maximum atomic E-state index is 12.8. The van der Waals surface area contributed by atoms with Crippen LogP contribution in [0.15, 0.2) is 42.5 Å². The van der Waals surface area contributed by atoms with Crippen molar-refractivity contribution in [3.8, 4) is 0 Å². The highest BCUT2D eigenvalue weighted by Crippen LogP contribution is 2.25. The lowest BCUT2D eigenvalue weighted by atomic mass is 9.90. The van der Waals surface area contributed by atoms with E-state index in [-0.39, 0.29) is 11.8 Å². The van der Waals surface area contributed by atoms with Crippen LogP contribution < -0.4 is 5.32 Å². The molecule has 0 bridgehead atoms. The molecule has 0 aliphatic carbocycles. The summed E-state index contributed by atoms with van der Waals surface area (Å²) >= 11 is 0. The van der Waals surface area contributed by atoms with E-state index >= 15 is 0 Å². The molecule has 1 fully saturated rings. The second-order valence-electron chi connectivity index (χ2n) is 5.11. The maximum Gasteiger partial charge on any atom is 0.253 e. The van der Waals surface area contributed by atoms with Gasteiger partial charge in [0.2, 0.25) is 5.91 Å². The molecule has 1 heterocycles. The molecule has 1 aromatic rings. The molecule has 1 aromatic carbocycles. The van der Waals surface area contributed by atoms with Crippen LogP contribution in [0.2, 0.25) is 0 Å². The number of rotatable bonds is 3. The van der Waals surface area contributed by atoms with Crippen LogP contribution in [0.1, 0.15) is 25.8 Å². The standard InChI is InChI=1S/C16H20N2O2/c1-3-4-11-18-12-10-14(19)17-16(2,15(18)20)13-8-6-5-7-9-13/h3-9H,10-12H2,1-2H3,(H,17,19)/b4-3+. The van der Waals surface area contributed by atoms with Crippen molar-refractivity contribution in [2.75, 3.05) is 13.1 Å². The SMILES string of the molecule is C/C=C/CN1CCC(=O)NC(C)(c2ccccc2)C1=O. The molecule has 1 unspecified atom stereocenters. The number of carbonyl (C=O) groups is 2. The Morgan fingerprint density at radius 1 is 1.30 bits per heavy atom. The Bertz CT molecular complexity index is 525. The van der Waals surface area contributed by atoms with Gasteiger partial charge in [0.15, 0.2) is 0 Å². The molecule has 4 nitrogen and oxygen atoms in total. The Labute approximate surface area is 119 Å². The van der Waals surface area contributed by atoms with Crippen LogP contribution in [0.5, 0.6) is 0 Å². The second-order valence-corrected chi connectivity index (χ2v) is 5.11. The molecular weight excluding hydrogens is 252 g/mol. The first-order valence-corrected chi connectivity index (χ1v) is 6.85. The van der Waals surface area contributed by atoms with Gasteiger partial charge in [-0.1, -0.05) is 42.5 Å². The zero-order valence-electron chi connectivity index (χ0n) is 11.9. The quantitative estimate of drug-likeness (QED) is 0.853. The van der Waals surface area contributed by atoms with Crippen molar-refractivity contribution in [3.63, 3.8) is 0 Å². The van der Waals surface area contributed by atoms with Crippen molar-refractivity contribution in [3.05, 3.63) is 48.0 Å². The predicted octanol–water partition coefficient (Wildman–Crippen LogP) is 1.83. The van der Waals surface area contributed by atoms with Crippen LogP contribution >= 0.6 is 0 Å². The molecule has 106 valence electrons. The Morgan fingerprint density at radius 2 is 2.00 bits per heavy atom. The van der Waals surface area contributed by atoms with Crippen molar-refractivity contribution < 1.29 is 9.59 Å². The largest absolute Gasteiger partial charge is 0.338 e. The van der Waals surface area contributed by atoms with Gasteiger partial charge in [-0.25, -0.2) is 0 Å². The molecule has 1 aliphatic rings. The van der Waals surface area contributed by atoms with Gasteiger partial charge in [-0.3, -0.25) is 9.59 Å². The second kappa shape index (κ2) is 5.90. The zero-order chi connectivity index (χ0) is 14.6. The van der Waals surface area contributed by atoms with Crippen molar-refractivity contribution in [2.45, 2.75) is 25.8 Å². The molecule has 2 rings (SSSR count). The fourth-order valence-electron chi connectivity index (χ4n) is 2.42. The predicted molar refractivity (Wildman–Crippen MR) is 77.9 cm³/mol. The smallest absolute Gasteiger partial charge is 0.253 e. The summed E-state index contributed by atoms with van der Waals surface area (Å²) in [6.07, 6.45) is 4.18. The van der Waals surface area contributed by atoms with E-state index in [1.165, 1.54) is 0 Å². The highest BCUT2D eigenvalue weighted by atomic mass is 16.2. The molecule has 0 radical (unpaired) electrons. The Morgan fingerprint density at radius 3 is 2.65 bits per heavy atom. The molecule has 4 heteroatoms. The summed E-state index contributed by atoms with van der Waals surface area (Å²) in [6, 6.07) is 9.39. The number of allylic oxidation sites excluding steroid dienone is 1. The van der Waals surface area contributed by atoms with Crippen LogP contribution in [0.3, 0.4) is 0 Å². The number of amides is 2. The molecule has 0 spiro atoms. The monoisotopic (exact) mass is 272 g/mol. The number of hydrogen-bond donors (Lipinski definition) is 1. The summed E-state index contributed by atoms with van der Waals surface area (Å²) in [5.41, 5.74) is -0.179. The highest BCUT2D eigenvalue weighted by Gasteiger charge is 2.41. The van der Waals surface area contributed by atoms with Gasteiger partial charge in [-0.05, 0) is 19.4 Å². The third kappa shape index (κ3) is 2.74. The fourth-order valence-corrected chi connectivity index (χ4v) is 2.42. The summed E-state index contributed by atoms with van der Waals surface area (Å²) in [5, 5.41) is 2.87. The number of carbonyl (C=O) groups excluding carboxylic acids is 2. The van der Waals surface area contributed by atoms with Gasteiger partial charge in [-0.15, -0.1) is 0 Å². The maximum absolute atomic E-state index is 12.8. The van der Waals surface area contributed by atoms with E-state index in [0.29, 0.717) is 19.5 Å². The van der Waals surface area contributed by atoms with E-state index in [4.69, 9.17) is 0 Å². The van der Waals surface area contributed by atoms with Gasteiger partial charge in [-0.2, -0.15) is 0 Å². The summed E-state index contributed by atoms with van der Waals surface area (Å²) in [7, 11) is 0. The van der Waals surface area contributed by atoms with Crippen LogP contribution in [-0.2, 0) is 15.1 Å². The van der Waals surface area contributed by atoms with Crippen molar-refractivity contribution in [1.29, 1.82) is 0 Å². The third-order valence-electron chi connectivity index (χ3n) is 3.63. The van der Waals surface area contributed by atoms with E-state index in [0.717, 1.165) is 5.56 Å². The first-order valence-electron chi connectivity index (χ1n) is 6.85. The Hall–Kier alpha value is -2.10. The molecule has 0 saturated carbocycles. The van der Waals surface area contributed by atoms with Gasteiger partial charge in [0.1, 0.15) is 5.54 Å². The molecule has 2 amide bonds. The number of nitrogens with zero attached hydrogens (tertiary/aromatic N) is 1. The number of hydrogen-bond acceptors (Lipinski definition) is 2. The summed E-state index contributed by atoms with van der Waals surface area (Å²) < 4.78 is 0. The van der Waals surface area contributed by atoms with Crippen molar-refractivity contribution >= 4 is 11.8 Å². The van der Waals surface area contributed by atoms with E-state index in [1.54, 1.807) is 11.8 Å². The molecule has 1 aliphatic heterocycles. The minimum Gasteiger partial charge on any atom is -0.338 e. The normalized spacial score (nSPS) is 23.8. The number of benzene rings is 1. The first kappa shape index (κ1) is 14.3. The summed E-state index contributed by atoms with van der Waals surface area (Å²) in [4.78, 5) is 26.5. The molecular formula is C16H20N2O2. The summed E-state index contributed by atoms with van der Waals surface area (Å²) in [5.74, 6) is -0.152. The van der Waals surface area contributed by atoms with E-state index in [2.05, 4.69) is 5.32 Å². The lowest BCUT2D eigenvalue weighted by Gasteiger charge is -2.32. The summed E-state index contributed by atoms with van der Waals surface area (Å²) in [6.45, 7) is 4.68. The molecule has 0 aromatic heterocycles. The minimum absolute atomic E-state index is 0.0624. The van der Waals surface area contributed by atoms with Crippen LogP contribution in [0.4, 0.5) is 0 Å². The van der Waals surface area contributed by atoms with Gasteiger partial charge in [0.25, 0.3) is 5.91 Å². The van der Waals surface area contributed by atoms with E-state index in [9.17, 15) is 9.59 Å². The topological polar surface area (TPSA) is 49.4 Å². The Kier molecular flexibility index (Phi) is 4.23. The van der Waals surface area contributed by atoms with E-state index < -0.39 is 5.54 Å². The van der Waals surface area contributed by atoms with E-state index in [1.807, 2.05) is 49.4 Å². The zero-order valence-corrected chi connectivity index (χ0v) is 11.9. The van der Waals surface area contributed by atoms with Gasteiger partial charge >= 0.3 is 0 Å². The lowest BCUT2D eigenvalue weighted by Crippen LogP contribution is -2.52. The minimum atomic E-state index is -0.990. The Balaban J connectivity index is 2.37. The highest BCUT2D eigenvalue weighted by molar-refractivity contribution is 5.94. The molecule has 20 heavy (non-hydrogen) atoms. The van der Waals surface area contributed by atoms with Crippen molar-refractivity contribution in [1.82, 2.24) is 10.2 Å². The van der Waals surface area contributed by atoms with Gasteiger partial charge in [0, 0.05) is 19.5 Å². The molecule has 1 N–H and O–H groups in total. The number of nitrogens with one attached hydrogen (secondary N) is 1. The van der Waals surface area contributed by atoms with Crippen LogP contribution in [0.25, 0.3) is 0 Å². The van der Waals surface area contributed by atoms with Gasteiger partial charge in [0.05, 0.1) is 0 Å². The molecule has 1 saturated heterocycles.